The molecule has 0 saturated carbocycles. The third-order valence-corrected chi connectivity index (χ3v) is 16.2. The summed E-state index contributed by atoms with van der Waals surface area (Å²) in [4.78, 5) is 22.6. The van der Waals surface area contributed by atoms with Gasteiger partial charge in [0.25, 0.3) is 5.70 Å². The molecule has 0 unspecified atom stereocenters. The molecule has 328 valence electrons. The summed E-state index contributed by atoms with van der Waals surface area (Å²) in [5.74, 6) is -0.315. The zero-order valence-corrected chi connectivity index (χ0v) is 40.2. The third kappa shape index (κ3) is 10.7. The number of benzene rings is 3. The van der Waals surface area contributed by atoms with Gasteiger partial charge in [0.15, 0.2) is 0 Å². The standard InChI is InChI=1S/C55H62N2O3S3/c1-7-11-14-17-20-39-31-44(36-47(56-5)55(58)59)61-53(39)50-35-41(22-19-16-13-9-3)54(63-50)51-34-40(21-18-15-12-8-2)52(62-51)42-26-30-49-46(33-42)45-32-38(25-29-48(45)57(49)10-4)37-23-27-43(60-6)28-24-37/h23-36H,7-22H2,1-4,6H3,(H,58,59). The van der Waals surface area contributed by atoms with Crippen molar-refractivity contribution in [1.82, 2.24) is 4.57 Å². The van der Waals surface area contributed by atoms with Crippen molar-refractivity contribution in [3.8, 4) is 46.8 Å². The molecule has 4 aromatic heterocycles. The van der Waals surface area contributed by atoms with E-state index in [-0.39, 0.29) is 5.70 Å². The highest BCUT2D eigenvalue weighted by Gasteiger charge is 2.22. The lowest BCUT2D eigenvalue weighted by molar-refractivity contribution is -0.132. The van der Waals surface area contributed by atoms with E-state index in [4.69, 9.17) is 11.3 Å². The largest absolute Gasteiger partial charge is 0.497 e. The van der Waals surface area contributed by atoms with Gasteiger partial charge in [-0.2, -0.15) is 0 Å². The maximum atomic E-state index is 11.9. The predicted molar refractivity (Wildman–Crippen MR) is 273 cm³/mol. The zero-order valence-electron chi connectivity index (χ0n) is 37.8. The minimum atomic E-state index is -1.18. The topological polar surface area (TPSA) is 55.8 Å². The lowest BCUT2D eigenvalue weighted by Crippen LogP contribution is -1.94. The van der Waals surface area contributed by atoms with Crippen molar-refractivity contribution in [2.45, 2.75) is 131 Å². The Morgan fingerprint density at radius 3 is 1.63 bits per heavy atom. The normalized spacial score (nSPS) is 11.8. The Balaban J connectivity index is 1.34. The molecule has 1 N–H and O–H groups in total. The van der Waals surface area contributed by atoms with Gasteiger partial charge in [0.2, 0.25) is 0 Å². The van der Waals surface area contributed by atoms with Crippen LogP contribution in [-0.2, 0) is 30.6 Å². The van der Waals surface area contributed by atoms with Crippen molar-refractivity contribution in [1.29, 1.82) is 0 Å². The second kappa shape index (κ2) is 22.1. The molecule has 63 heavy (non-hydrogen) atoms. The smallest absolute Gasteiger partial charge is 0.333 e. The molecule has 4 heterocycles. The molecule has 7 rings (SSSR count). The minimum Gasteiger partial charge on any atom is -0.497 e. The van der Waals surface area contributed by atoms with Gasteiger partial charge in [-0.1, -0.05) is 103 Å². The number of nitrogens with zero attached hydrogens (tertiary/aromatic N) is 2. The number of hydrogen-bond acceptors (Lipinski definition) is 5. The van der Waals surface area contributed by atoms with Crippen LogP contribution in [0.15, 0.2) is 84.6 Å². The van der Waals surface area contributed by atoms with Crippen LogP contribution in [-0.4, -0.2) is 22.8 Å². The van der Waals surface area contributed by atoms with E-state index in [0.29, 0.717) is 0 Å². The molecule has 0 atom stereocenters. The van der Waals surface area contributed by atoms with E-state index >= 15 is 0 Å². The second-order valence-electron chi connectivity index (χ2n) is 16.7. The first-order chi connectivity index (χ1) is 30.8. The van der Waals surface area contributed by atoms with Crippen LogP contribution < -0.4 is 4.74 Å². The number of methoxy groups -OCH3 is 1. The fourth-order valence-corrected chi connectivity index (χ4v) is 12.7. The molecule has 7 aromatic rings. The molecular formula is C55H62N2O3S3. The van der Waals surface area contributed by atoms with Crippen LogP contribution in [0.25, 0.3) is 73.8 Å². The number of thiophene rings is 3. The Morgan fingerprint density at radius 1 is 0.619 bits per heavy atom. The monoisotopic (exact) mass is 894 g/mol. The van der Waals surface area contributed by atoms with Crippen LogP contribution in [0.1, 0.15) is 126 Å². The molecule has 0 bridgehead atoms. The number of unbranched alkanes of at least 4 members (excludes halogenated alkanes) is 9. The van der Waals surface area contributed by atoms with E-state index in [9.17, 15) is 9.90 Å². The minimum absolute atomic E-state index is 0.239. The average molecular weight is 895 g/mol. The van der Waals surface area contributed by atoms with Gasteiger partial charge in [0.1, 0.15) is 5.75 Å². The van der Waals surface area contributed by atoms with Crippen LogP contribution in [0.4, 0.5) is 0 Å². The summed E-state index contributed by atoms with van der Waals surface area (Å²) in [6, 6.07) is 29.5. The Labute approximate surface area is 386 Å². The highest BCUT2D eigenvalue weighted by atomic mass is 32.1. The van der Waals surface area contributed by atoms with Gasteiger partial charge in [-0.3, -0.25) is 4.79 Å². The molecule has 0 aliphatic heterocycles. The molecule has 5 nitrogen and oxygen atoms in total. The van der Waals surface area contributed by atoms with Gasteiger partial charge in [0.05, 0.1) is 13.7 Å². The summed E-state index contributed by atoms with van der Waals surface area (Å²) in [6.45, 7) is 17.4. The van der Waals surface area contributed by atoms with Gasteiger partial charge in [-0.05, 0) is 140 Å². The predicted octanol–water partition coefficient (Wildman–Crippen LogP) is 17.4. The van der Waals surface area contributed by atoms with Gasteiger partial charge in [-0.25, -0.2) is 4.85 Å². The van der Waals surface area contributed by atoms with Crippen molar-refractivity contribution >= 4 is 67.9 Å². The van der Waals surface area contributed by atoms with Crippen molar-refractivity contribution in [2.75, 3.05) is 7.11 Å². The van der Waals surface area contributed by atoms with Crippen LogP contribution >= 0.6 is 34.0 Å². The first-order valence-corrected chi connectivity index (χ1v) is 25.7. The molecule has 3 aromatic carbocycles. The van der Waals surface area contributed by atoms with E-state index in [0.717, 1.165) is 49.3 Å². The summed E-state index contributed by atoms with van der Waals surface area (Å²) in [5.41, 5.74) is 10.1. The van der Waals surface area contributed by atoms with E-state index in [1.807, 2.05) is 34.8 Å². The highest BCUT2D eigenvalue weighted by Crippen LogP contribution is 2.49. The molecule has 0 radical (unpaired) electrons. The summed E-state index contributed by atoms with van der Waals surface area (Å²) >= 11 is 5.50. The summed E-state index contributed by atoms with van der Waals surface area (Å²) in [5, 5.41) is 12.3. The van der Waals surface area contributed by atoms with Crippen LogP contribution in [0, 0.1) is 6.57 Å². The van der Waals surface area contributed by atoms with Gasteiger partial charge in [-0.15, -0.1) is 34.0 Å². The summed E-state index contributed by atoms with van der Waals surface area (Å²) < 4.78 is 7.90. The number of fused-ring (bicyclic) bond motifs is 3. The molecule has 0 aliphatic rings. The SMILES string of the molecule is [C-]#[N+]C(=Cc1cc(CCCCCC)c(-c2cc(CCCCCC)c(-c3cc(CCCCCC)c(-c4ccc5c(c4)c4cc(-c6ccc(OC)cc6)ccc4n5CC)s3)s2)s1)C(=O)O. The molecular weight excluding hydrogens is 833 g/mol. The molecule has 0 amide bonds. The van der Waals surface area contributed by atoms with Crippen molar-refractivity contribution in [3.05, 3.63) is 118 Å². The van der Waals surface area contributed by atoms with Gasteiger partial charge in [0, 0.05) is 57.6 Å². The lowest BCUT2D eigenvalue weighted by atomic mass is 10.00. The first kappa shape index (κ1) is 46.1. The molecule has 0 spiro atoms. The lowest BCUT2D eigenvalue weighted by Gasteiger charge is -2.06. The van der Waals surface area contributed by atoms with E-state index < -0.39 is 5.97 Å². The molecule has 8 heteroatoms. The van der Waals surface area contributed by atoms with Crippen LogP contribution in [0.5, 0.6) is 5.75 Å². The summed E-state index contributed by atoms with van der Waals surface area (Å²) in [6.07, 6.45) is 19.0. The van der Waals surface area contributed by atoms with E-state index in [2.05, 4.69) is 104 Å². The number of aliphatic carboxylic acids is 1. The maximum Gasteiger partial charge on any atom is 0.333 e. The van der Waals surface area contributed by atoms with E-state index in [1.54, 1.807) is 24.5 Å². The number of rotatable bonds is 23. The van der Waals surface area contributed by atoms with Gasteiger partial charge < -0.3 is 14.4 Å². The number of aromatic nitrogens is 1. The number of carboxylic acid groups (broad SMARTS) is 1. The Hall–Kier alpha value is -4.94. The van der Waals surface area contributed by atoms with Crippen LogP contribution in [0.3, 0.4) is 0 Å². The molecule has 0 aliphatic carbocycles. The van der Waals surface area contributed by atoms with Crippen molar-refractivity contribution < 1.29 is 14.6 Å². The number of hydrogen-bond donors (Lipinski definition) is 1. The fraction of sp³-hybridized carbons (Fsp3) is 0.382. The Morgan fingerprint density at radius 2 is 1.11 bits per heavy atom. The second-order valence-corrected chi connectivity index (χ2v) is 19.9. The number of aryl methyl sites for hydroxylation is 4. The fourth-order valence-electron chi connectivity index (χ4n) is 8.87. The highest BCUT2D eigenvalue weighted by molar-refractivity contribution is 7.27. The van der Waals surface area contributed by atoms with Crippen molar-refractivity contribution in [3.63, 3.8) is 0 Å². The maximum absolute atomic E-state index is 11.9. The molecule has 0 fully saturated rings. The Kier molecular flexibility index (Phi) is 16.2. The number of ether oxygens (including phenoxy) is 1. The number of carbonyl (C=O) groups is 1. The zero-order chi connectivity index (χ0) is 44.3. The van der Waals surface area contributed by atoms with Crippen molar-refractivity contribution in [2.24, 2.45) is 0 Å². The summed E-state index contributed by atoms with van der Waals surface area (Å²) in [7, 11) is 1.71. The Bertz CT molecular complexity index is 2720. The first-order valence-electron chi connectivity index (χ1n) is 23.2. The van der Waals surface area contributed by atoms with Crippen LogP contribution in [0.2, 0.25) is 0 Å². The number of carboxylic acids is 1. The third-order valence-electron chi connectivity index (χ3n) is 12.3. The molecule has 0 saturated heterocycles. The average Bonchev–Trinajstić information content (AvgIpc) is 4.10. The quantitative estimate of drug-likeness (QED) is 0.0395. The van der Waals surface area contributed by atoms with E-state index in [1.165, 1.54) is 144 Å². The van der Waals surface area contributed by atoms with Gasteiger partial charge >= 0.3 is 5.97 Å².